The van der Waals surface area contributed by atoms with Gasteiger partial charge in [0.1, 0.15) is 0 Å². The molecular weight excluding hydrogens is 384 g/mol. The number of nitrogens with one attached hydrogen (secondary N) is 2. The molecular formula is C22H24N4O4. The van der Waals surface area contributed by atoms with E-state index in [0.29, 0.717) is 34.4 Å². The number of aromatic nitrogens is 2. The predicted octanol–water partition coefficient (Wildman–Crippen LogP) is 3.84. The number of fused-ring (bicyclic) bond motifs is 1. The Hall–Kier alpha value is -3.52. The Morgan fingerprint density at radius 1 is 1.13 bits per heavy atom. The van der Waals surface area contributed by atoms with Crippen LogP contribution in [0.15, 0.2) is 53.6 Å². The lowest BCUT2D eigenvalue weighted by Gasteiger charge is -2.17. The van der Waals surface area contributed by atoms with Gasteiger partial charge in [-0.3, -0.25) is 14.2 Å². The quantitative estimate of drug-likeness (QED) is 0.578. The SMILES string of the molecule is CCC(COC)n1cnc2ccc(NC(=O)Nc3cccc(C(C)=O)c3)cc2c1=O. The summed E-state index contributed by atoms with van der Waals surface area (Å²) in [5, 5.41) is 5.80. The molecule has 0 saturated heterocycles. The molecule has 3 aromatic rings. The largest absolute Gasteiger partial charge is 0.383 e. The van der Waals surface area contributed by atoms with E-state index in [0.717, 1.165) is 6.42 Å². The first-order valence-corrected chi connectivity index (χ1v) is 9.61. The Morgan fingerprint density at radius 2 is 1.87 bits per heavy atom. The second kappa shape index (κ2) is 9.32. The van der Waals surface area contributed by atoms with Gasteiger partial charge >= 0.3 is 6.03 Å². The third-order valence-corrected chi connectivity index (χ3v) is 4.79. The summed E-state index contributed by atoms with van der Waals surface area (Å²) in [7, 11) is 1.59. The molecule has 156 valence electrons. The molecule has 8 heteroatoms. The maximum atomic E-state index is 12.9. The fourth-order valence-electron chi connectivity index (χ4n) is 3.17. The third kappa shape index (κ3) is 4.72. The van der Waals surface area contributed by atoms with E-state index in [1.165, 1.54) is 13.3 Å². The number of benzene rings is 2. The van der Waals surface area contributed by atoms with Crippen LogP contribution in [0.4, 0.5) is 16.2 Å². The van der Waals surface area contributed by atoms with Gasteiger partial charge in [-0.1, -0.05) is 19.1 Å². The van der Waals surface area contributed by atoms with Crippen LogP contribution in [0.3, 0.4) is 0 Å². The fourth-order valence-corrected chi connectivity index (χ4v) is 3.17. The minimum Gasteiger partial charge on any atom is -0.383 e. The summed E-state index contributed by atoms with van der Waals surface area (Å²) in [6.07, 6.45) is 2.25. The minimum atomic E-state index is -0.481. The summed E-state index contributed by atoms with van der Waals surface area (Å²) in [6.45, 7) is 3.85. The minimum absolute atomic E-state index is 0.0868. The van der Waals surface area contributed by atoms with Crippen molar-refractivity contribution in [3.8, 4) is 0 Å². The first-order valence-electron chi connectivity index (χ1n) is 9.61. The highest BCUT2D eigenvalue weighted by atomic mass is 16.5. The van der Waals surface area contributed by atoms with Gasteiger partial charge < -0.3 is 15.4 Å². The van der Waals surface area contributed by atoms with Crippen LogP contribution < -0.4 is 16.2 Å². The average molecular weight is 408 g/mol. The molecule has 0 bridgehead atoms. The van der Waals surface area contributed by atoms with Crippen molar-refractivity contribution in [1.29, 1.82) is 0 Å². The van der Waals surface area contributed by atoms with Crippen molar-refractivity contribution in [2.24, 2.45) is 0 Å². The van der Waals surface area contributed by atoms with Crippen LogP contribution in [-0.2, 0) is 4.74 Å². The van der Waals surface area contributed by atoms with Crippen LogP contribution >= 0.6 is 0 Å². The lowest BCUT2D eigenvalue weighted by Crippen LogP contribution is -2.27. The van der Waals surface area contributed by atoms with Crippen molar-refractivity contribution in [3.63, 3.8) is 0 Å². The van der Waals surface area contributed by atoms with E-state index in [-0.39, 0.29) is 17.4 Å². The number of rotatable bonds is 7. The van der Waals surface area contributed by atoms with E-state index in [9.17, 15) is 14.4 Å². The van der Waals surface area contributed by atoms with Crippen molar-refractivity contribution < 1.29 is 14.3 Å². The number of ether oxygens (including phenoxy) is 1. The summed E-state index contributed by atoms with van der Waals surface area (Å²) >= 11 is 0. The van der Waals surface area contributed by atoms with Crippen molar-refractivity contribution in [3.05, 3.63) is 64.7 Å². The van der Waals surface area contributed by atoms with Crippen molar-refractivity contribution in [2.45, 2.75) is 26.3 Å². The Morgan fingerprint density at radius 3 is 2.53 bits per heavy atom. The molecule has 1 unspecified atom stereocenters. The molecule has 2 amide bonds. The number of carbonyl (C=O) groups excluding carboxylic acids is 2. The molecule has 8 nitrogen and oxygen atoms in total. The zero-order chi connectivity index (χ0) is 21.7. The number of methoxy groups -OCH3 is 1. The van der Waals surface area contributed by atoms with E-state index in [1.807, 2.05) is 6.92 Å². The van der Waals surface area contributed by atoms with E-state index in [2.05, 4.69) is 15.6 Å². The van der Waals surface area contributed by atoms with Gasteiger partial charge in [-0.05, 0) is 43.7 Å². The second-order valence-electron chi connectivity index (χ2n) is 6.92. The van der Waals surface area contributed by atoms with E-state index < -0.39 is 6.03 Å². The normalized spacial score (nSPS) is 11.8. The molecule has 0 fully saturated rings. The van der Waals surface area contributed by atoms with Crippen LogP contribution in [-0.4, -0.2) is 35.1 Å². The zero-order valence-corrected chi connectivity index (χ0v) is 17.1. The highest BCUT2D eigenvalue weighted by Gasteiger charge is 2.14. The fraction of sp³-hybridized carbons (Fsp3) is 0.273. The van der Waals surface area contributed by atoms with Crippen LogP contribution in [0.5, 0.6) is 0 Å². The highest BCUT2D eigenvalue weighted by Crippen LogP contribution is 2.17. The maximum absolute atomic E-state index is 12.9. The molecule has 0 aliphatic carbocycles. The van der Waals surface area contributed by atoms with Gasteiger partial charge in [0.15, 0.2) is 5.78 Å². The summed E-state index contributed by atoms with van der Waals surface area (Å²) in [6, 6.07) is 11.0. The maximum Gasteiger partial charge on any atom is 0.323 e. The van der Waals surface area contributed by atoms with Crippen LogP contribution in [0.2, 0.25) is 0 Å². The molecule has 1 aromatic heterocycles. The third-order valence-electron chi connectivity index (χ3n) is 4.79. The van der Waals surface area contributed by atoms with Gasteiger partial charge in [0, 0.05) is 24.0 Å². The number of anilines is 2. The van der Waals surface area contributed by atoms with Gasteiger partial charge in [0.25, 0.3) is 5.56 Å². The van der Waals surface area contributed by atoms with Crippen LogP contribution in [0.25, 0.3) is 10.9 Å². The molecule has 30 heavy (non-hydrogen) atoms. The number of hydrogen-bond donors (Lipinski definition) is 2. The van der Waals surface area contributed by atoms with Crippen molar-refractivity contribution in [1.82, 2.24) is 9.55 Å². The first kappa shape index (κ1) is 21.2. The number of urea groups is 1. The van der Waals surface area contributed by atoms with E-state index >= 15 is 0 Å². The second-order valence-corrected chi connectivity index (χ2v) is 6.92. The molecule has 2 aromatic carbocycles. The molecule has 1 atom stereocenters. The standard InChI is InChI=1S/C22H24N4O4/c1-4-18(12-30-3)26-13-23-20-9-8-17(11-19(20)21(26)28)25-22(29)24-16-7-5-6-15(10-16)14(2)27/h5-11,13,18H,4,12H2,1-3H3,(H2,24,25,29). The average Bonchev–Trinajstić information content (AvgIpc) is 2.73. The lowest BCUT2D eigenvalue weighted by molar-refractivity contribution is 0.101. The topological polar surface area (TPSA) is 102 Å². The number of amides is 2. The molecule has 1 heterocycles. The lowest BCUT2D eigenvalue weighted by atomic mass is 10.1. The molecule has 3 rings (SSSR count). The summed E-state index contributed by atoms with van der Waals surface area (Å²) in [5.74, 6) is -0.0868. The molecule has 0 radical (unpaired) electrons. The number of ketones is 1. The monoisotopic (exact) mass is 408 g/mol. The van der Waals surface area contributed by atoms with Gasteiger partial charge in [0.05, 0.1) is 29.9 Å². The predicted molar refractivity (Wildman–Crippen MR) is 116 cm³/mol. The zero-order valence-electron chi connectivity index (χ0n) is 17.1. The van der Waals surface area contributed by atoms with E-state index in [4.69, 9.17) is 4.74 Å². The molecule has 0 saturated carbocycles. The van der Waals surface area contributed by atoms with Gasteiger partial charge in [-0.2, -0.15) is 0 Å². The van der Waals surface area contributed by atoms with Crippen LogP contribution in [0.1, 0.15) is 36.7 Å². The Balaban J connectivity index is 1.83. The molecule has 2 N–H and O–H groups in total. The number of carbonyl (C=O) groups is 2. The smallest absolute Gasteiger partial charge is 0.323 e. The Labute approximate surface area is 173 Å². The van der Waals surface area contributed by atoms with Gasteiger partial charge in [-0.15, -0.1) is 0 Å². The number of hydrogen-bond acceptors (Lipinski definition) is 5. The summed E-state index contributed by atoms with van der Waals surface area (Å²) < 4.78 is 6.76. The summed E-state index contributed by atoms with van der Waals surface area (Å²) in [5.41, 5.74) is 1.81. The van der Waals surface area contributed by atoms with Crippen molar-refractivity contribution in [2.75, 3.05) is 24.4 Å². The molecule has 0 aliphatic rings. The number of Topliss-reactive ketones (excluding diaryl/α,β-unsaturated/α-hetero) is 1. The van der Waals surface area contributed by atoms with Crippen LogP contribution in [0, 0.1) is 0 Å². The number of nitrogens with zero attached hydrogens (tertiary/aromatic N) is 2. The summed E-state index contributed by atoms with van der Waals surface area (Å²) in [4.78, 5) is 41.2. The Bertz CT molecular complexity index is 1140. The molecule has 0 aliphatic heterocycles. The Kier molecular flexibility index (Phi) is 6.58. The van der Waals surface area contributed by atoms with Gasteiger partial charge in [0.2, 0.25) is 0 Å². The van der Waals surface area contributed by atoms with Crippen molar-refractivity contribution >= 4 is 34.1 Å². The van der Waals surface area contributed by atoms with E-state index in [1.54, 1.807) is 54.1 Å². The first-order chi connectivity index (χ1) is 14.4. The highest BCUT2D eigenvalue weighted by molar-refractivity contribution is 6.02. The van der Waals surface area contributed by atoms with Gasteiger partial charge in [-0.25, -0.2) is 9.78 Å². The molecule has 0 spiro atoms.